The van der Waals surface area contributed by atoms with Crippen LogP contribution < -0.4 is 15.4 Å². The fourth-order valence-corrected chi connectivity index (χ4v) is 5.49. The summed E-state index contributed by atoms with van der Waals surface area (Å²) in [6.45, 7) is 0. The summed E-state index contributed by atoms with van der Waals surface area (Å²) < 4.78 is 5.39. The Balaban J connectivity index is 1.48. The second-order valence-corrected chi connectivity index (χ2v) is 9.85. The van der Waals surface area contributed by atoms with Gasteiger partial charge in [-0.15, -0.1) is 0 Å². The van der Waals surface area contributed by atoms with Crippen molar-refractivity contribution in [3.05, 3.63) is 30.0 Å². The molecular weight excluding hydrogens is 444 g/mol. The Morgan fingerprint density at radius 3 is 2.63 bits per heavy atom. The number of carbonyl (C=O) groups excluding carboxylic acids is 3. The molecule has 186 valence electrons. The number of benzene rings is 1. The standard InChI is InChI=1S/C27H34N4O4/c1-35-25-12-6-10-21-20(25)15-23(30-21)27(34)31-22(13-17-7-3-2-4-8-17)26(33)29-19(16-28)14-18-9-5-11-24(18)32/h6,10,12,15,17-19,22,30H,2-5,7-9,11,13-14H2,1H3,(H,29,33)(H,31,34)/t18-,19-,22-/m0/s1. The number of nitrogens with one attached hydrogen (secondary N) is 3. The van der Waals surface area contributed by atoms with Crippen molar-refractivity contribution in [3.8, 4) is 11.8 Å². The molecule has 2 aliphatic rings. The second-order valence-electron chi connectivity index (χ2n) is 9.85. The normalized spacial score (nSPS) is 20.2. The van der Waals surface area contributed by atoms with E-state index >= 15 is 0 Å². The zero-order valence-electron chi connectivity index (χ0n) is 20.3. The maximum Gasteiger partial charge on any atom is 0.268 e. The summed E-state index contributed by atoms with van der Waals surface area (Å²) in [5.74, 6) is 0.258. The van der Waals surface area contributed by atoms with Crippen LogP contribution >= 0.6 is 0 Å². The third kappa shape index (κ3) is 6.02. The van der Waals surface area contributed by atoms with Gasteiger partial charge in [0.15, 0.2) is 0 Å². The Morgan fingerprint density at radius 1 is 1.14 bits per heavy atom. The van der Waals surface area contributed by atoms with E-state index in [4.69, 9.17) is 4.74 Å². The lowest BCUT2D eigenvalue weighted by molar-refractivity contribution is -0.125. The number of rotatable bonds is 9. The Bertz CT molecular complexity index is 1110. The lowest BCUT2D eigenvalue weighted by Gasteiger charge is -2.27. The first-order valence-electron chi connectivity index (χ1n) is 12.7. The number of carbonyl (C=O) groups is 3. The van der Waals surface area contributed by atoms with Crippen molar-refractivity contribution in [2.24, 2.45) is 11.8 Å². The van der Waals surface area contributed by atoms with Crippen LogP contribution in [0.2, 0.25) is 0 Å². The number of nitrogens with zero attached hydrogens (tertiary/aromatic N) is 1. The first-order chi connectivity index (χ1) is 17.0. The number of hydrogen-bond acceptors (Lipinski definition) is 5. The fraction of sp³-hybridized carbons (Fsp3) is 0.556. The molecule has 0 spiro atoms. The van der Waals surface area contributed by atoms with Gasteiger partial charge in [-0.05, 0) is 49.8 Å². The summed E-state index contributed by atoms with van der Waals surface area (Å²) in [6.07, 6.45) is 8.51. The molecule has 3 N–H and O–H groups in total. The molecule has 1 aromatic carbocycles. The molecule has 2 aromatic rings. The van der Waals surface area contributed by atoms with Crippen LogP contribution in [0.3, 0.4) is 0 Å². The van der Waals surface area contributed by atoms with E-state index in [0.29, 0.717) is 36.6 Å². The molecule has 0 bridgehead atoms. The number of ketones is 1. The minimum absolute atomic E-state index is 0.167. The van der Waals surface area contributed by atoms with Crippen LogP contribution in [0, 0.1) is 23.2 Å². The molecule has 8 heteroatoms. The number of H-pyrrole nitrogens is 1. The third-order valence-electron chi connectivity index (χ3n) is 7.43. The minimum Gasteiger partial charge on any atom is -0.496 e. The number of methoxy groups -OCH3 is 1. The van der Waals surface area contributed by atoms with Crippen LogP contribution in [0.5, 0.6) is 5.75 Å². The van der Waals surface area contributed by atoms with Gasteiger partial charge in [0.1, 0.15) is 29.3 Å². The van der Waals surface area contributed by atoms with Gasteiger partial charge in [0.25, 0.3) is 5.91 Å². The molecule has 2 aliphatic carbocycles. The Labute approximate surface area is 205 Å². The zero-order chi connectivity index (χ0) is 24.8. The molecule has 35 heavy (non-hydrogen) atoms. The first kappa shape index (κ1) is 24.8. The van der Waals surface area contributed by atoms with Crippen LogP contribution in [-0.4, -0.2) is 41.8 Å². The maximum absolute atomic E-state index is 13.3. The van der Waals surface area contributed by atoms with E-state index in [0.717, 1.165) is 49.4 Å². The molecule has 2 fully saturated rings. The van der Waals surface area contributed by atoms with Crippen LogP contribution in [0.15, 0.2) is 24.3 Å². The van der Waals surface area contributed by atoms with Crippen molar-refractivity contribution in [1.29, 1.82) is 5.26 Å². The number of Topliss-reactive ketones (excluding diaryl/α,β-unsaturated/α-hetero) is 1. The highest BCUT2D eigenvalue weighted by atomic mass is 16.5. The van der Waals surface area contributed by atoms with E-state index in [1.165, 1.54) is 6.42 Å². The lowest BCUT2D eigenvalue weighted by atomic mass is 9.84. The number of amides is 2. The van der Waals surface area contributed by atoms with Gasteiger partial charge in [0.05, 0.1) is 13.2 Å². The Hall–Kier alpha value is -3.34. The molecule has 8 nitrogen and oxygen atoms in total. The molecule has 1 heterocycles. The smallest absolute Gasteiger partial charge is 0.268 e. The van der Waals surface area contributed by atoms with Crippen molar-refractivity contribution in [2.45, 2.75) is 76.3 Å². The van der Waals surface area contributed by atoms with Crippen LogP contribution in [-0.2, 0) is 9.59 Å². The summed E-state index contributed by atoms with van der Waals surface area (Å²) in [5.41, 5.74) is 1.12. The second kappa shape index (κ2) is 11.4. The largest absolute Gasteiger partial charge is 0.496 e. The molecule has 4 rings (SSSR count). The highest BCUT2D eigenvalue weighted by Gasteiger charge is 2.31. The Kier molecular flexibility index (Phi) is 8.06. The maximum atomic E-state index is 13.3. The van der Waals surface area contributed by atoms with E-state index in [9.17, 15) is 19.6 Å². The van der Waals surface area contributed by atoms with Gasteiger partial charge in [-0.2, -0.15) is 5.26 Å². The quantitative estimate of drug-likeness (QED) is 0.502. The SMILES string of the molecule is COc1cccc2[nH]c(C(=O)N[C@@H](CC3CCCCC3)C(=O)N[C@H](C#N)C[C@@H]3CCCC3=O)cc12. The number of aromatic nitrogens is 1. The molecule has 0 saturated heterocycles. The van der Waals surface area contributed by atoms with Gasteiger partial charge < -0.3 is 20.4 Å². The molecule has 2 saturated carbocycles. The average molecular weight is 479 g/mol. The summed E-state index contributed by atoms with van der Waals surface area (Å²) in [6, 6.07) is 7.89. The molecule has 3 atom stereocenters. The lowest BCUT2D eigenvalue weighted by Crippen LogP contribution is -2.50. The van der Waals surface area contributed by atoms with E-state index < -0.39 is 12.1 Å². The molecule has 0 aliphatic heterocycles. The fourth-order valence-electron chi connectivity index (χ4n) is 5.49. The van der Waals surface area contributed by atoms with Gasteiger partial charge in [0.2, 0.25) is 5.91 Å². The topological polar surface area (TPSA) is 124 Å². The van der Waals surface area contributed by atoms with Gasteiger partial charge in [0, 0.05) is 23.2 Å². The van der Waals surface area contributed by atoms with Crippen molar-refractivity contribution in [1.82, 2.24) is 15.6 Å². The highest BCUT2D eigenvalue weighted by molar-refractivity contribution is 6.01. The van der Waals surface area contributed by atoms with E-state index in [-0.39, 0.29) is 23.5 Å². The molecule has 2 amide bonds. The van der Waals surface area contributed by atoms with Crippen LogP contribution in [0.1, 0.15) is 74.7 Å². The van der Waals surface area contributed by atoms with Gasteiger partial charge in [-0.1, -0.05) is 38.2 Å². The van der Waals surface area contributed by atoms with Crippen molar-refractivity contribution >= 4 is 28.5 Å². The number of nitriles is 1. The molecular formula is C27H34N4O4. The van der Waals surface area contributed by atoms with Crippen molar-refractivity contribution in [3.63, 3.8) is 0 Å². The summed E-state index contributed by atoms with van der Waals surface area (Å²) in [7, 11) is 1.58. The predicted octanol–water partition coefficient (Wildman–Crippen LogP) is 4.01. The number of ether oxygens (including phenoxy) is 1. The summed E-state index contributed by atoms with van der Waals surface area (Å²) in [5, 5.41) is 16.1. The summed E-state index contributed by atoms with van der Waals surface area (Å²) in [4.78, 5) is 41.6. The molecule has 0 radical (unpaired) electrons. The molecule has 0 unspecified atom stereocenters. The van der Waals surface area contributed by atoms with E-state index in [1.807, 2.05) is 18.2 Å². The number of aromatic amines is 1. The van der Waals surface area contributed by atoms with Crippen LogP contribution in [0.25, 0.3) is 10.9 Å². The van der Waals surface area contributed by atoms with Crippen molar-refractivity contribution < 1.29 is 19.1 Å². The third-order valence-corrected chi connectivity index (χ3v) is 7.43. The average Bonchev–Trinajstić information content (AvgIpc) is 3.49. The monoisotopic (exact) mass is 478 g/mol. The zero-order valence-corrected chi connectivity index (χ0v) is 20.3. The van der Waals surface area contributed by atoms with Gasteiger partial charge in [-0.3, -0.25) is 14.4 Å². The van der Waals surface area contributed by atoms with Crippen LogP contribution in [0.4, 0.5) is 0 Å². The molecule has 1 aromatic heterocycles. The number of hydrogen-bond donors (Lipinski definition) is 3. The van der Waals surface area contributed by atoms with Gasteiger partial charge >= 0.3 is 0 Å². The first-order valence-corrected chi connectivity index (χ1v) is 12.7. The highest BCUT2D eigenvalue weighted by Crippen LogP contribution is 2.29. The summed E-state index contributed by atoms with van der Waals surface area (Å²) >= 11 is 0. The van der Waals surface area contributed by atoms with Crippen molar-refractivity contribution in [2.75, 3.05) is 7.11 Å². The minimum atomic E-state index is -0.756. The number of fused-ring (bicyclic) bond motifs is 1. The van der Waals surface area contributed by atoms with E-state index in [2.05, 4.69) is 21.7 Å². The Morgan fingerprint density at radius 2 is 1.94 bits per heavy atom. The van der Waals surface area contributed by atoms with E-state index in [1.54, 1.807) is 13.2 Å². The predicted molar refractivity (Wildman–Crippen MR) is 132 cm³/mol. The van der Waals surface area contributed by atoms with Gasteiger partial charge in [-0.25, -0.2) is 0 Å².